The number of nitrogens with zero attached hydrogens (tertiary/aromatic N) is 8. The highest BCUT2D eigenvalue weighted by Gasteiger charge is 3.10. The molecule has 0 aliphatic heterocycles. The molecule has 0 atom stereocenters. The maximum Gasteiger partial charge on any atom is 0.434 e. The minimum atomic E-state index is -4.42. The summed E-state index contributed by atoms with van der Waals surface area (Å²) < 4.78 is 50.2. The van der Waals surface area contributed by atoms with Crippen LogP contribution in [0.1, 0.15) is 55.9 Å². The van der Waals surface area contributed by atoms with Crippen molar-refractivity contribution in [3.8, 4) is 17.3 Å². The fourth-order valence-corrected chi connectivity index (χ4v) is 10.5. The lowest BCUT2D eigenvalue weighted by Gasteiger charge is -3.11. The van der Waals surface area contributed by atoms with E-state index >= 15 is 0 Å². The zero-order valence-electron chi connectivity index (χ0n) is 22.7. The highest BCUT2D eigenvalue weighted by molar-refractivity contribution is 5.77. The summed E-state index contributed by atoms with van der Waals surface area (Å²) in [6.07, 6.45) is 4.14. The first-order valence-electron chi connectivity index (χ1n) is 14.5. The molecule has 4 heterocycles. The number of aromatic nitrogens is 8. The van der Waals surface area contributed by atoms with Gasteiger partial charge in [-0.05, 0) is 62.2 Å². The maximum atomic E-state index is 13.6. The van der Waals surface area contributed by atoms with Crippen LogP contribution in [0.2, 0.25) is 0 Å². The Morgan fingerprint density at radius 3 is 2.37 bits per heavy atom. The Labute approximate surface area is 232 Å². The second kappa shape index (κ2) is 6.73. The zero-order chi connectivity index (χ0) is 27.8. The lowest BCUT2D eigenvalue weighted by molar-refractivity contribution is -0.633. The number of rotatable bonds is 7. The quantitative estimate of drug-likeness (QED) is 0.325. The number of methoxy groups -OCH3 is 1. The Kier molecular flexibility index (Phi) is 3.78. The molecular weight excluding hydrogens is 533 g/mol. The Bertz CT molecular complexity index is 1770. The van der Waals surface area contributed by atoms with E-state index in [1.165, 1.54) is 12.5 Å². The molecule has 0 bridgehead atoms. The van der Waals surface area contributed by atoms with Gasteiger partial charge in [0.2, 0.25) is 5.88 Å². The van der Waals surface area contributed by atoms with Crippen molar-refractivity contribution >= 4 is 11.0 Å². The SMILES string of the molecule is COc1ncnc(C2CC2)c1-c1ncc2cnn(CC34C5C6C3C3C4C5C63c3nc(C(F)(F)F)cn3C(C)C)c2n1. The minimum Gasteiger partial charge on any atom is -0.480 e. The molecule has 0 N–H and O–H groups in total. The fourth-order valence-electron chi connectivity index (χ4n) is 10.5. The van der Waals surface area contributed by atoms with Gasteiger partial charge in [0.25, 0.3) is 0 Å². The van der Waals surface area contributed by atoms with Crippen LogP contribution >= 0.6 is 0 Å². The third-order valence-corrected chi connectivity index (χ3v) is 11.8. The average Bonchev–Trinajstić information content (AvgIpc) is 3.58. The fraction of sp³-hybridized carbons (Fsp3) is 0.586. The van der Waals surface area contributed by atoms with E-state index in [0.29, 0.717) is 59.0 Å². The van der Waals surface area contributed by atoms with E-state index < -0.39 is 11.9 Å². The molecule has 0 unspecified atom stereocenters. The van der Waals surface area contributed by atoms with Crippen molar-refractivity contribution in [1.29, 1.82) is 0 Å². The van der Waals surface area contributed by atoms with E-state index in [4.69, 9.17) is 14.8 Å². The van der Waals surface area contributed by atoms with E-state index in [1.54, 1.807) is 11.7 Å². The van der Waals surface area contributed by atoms with Crippen LogP contribution in [0.25, 0.3) is 22.4 Å². The van der Waals surface area contributed by atoms with E-state index in [-0.39, 0.29) is 16.9 Å². The van der Waals surface area contributed by atoms with E-state index in [2.05, 4.69) is 19.9 Å². The van der Waals surface area contributed by atoms with Gasteiger partial charge in [-0.3, -0.25) is 0 Å². The van der Waals surface area contributed by atoms with Gasteiger partial charge in [-0.25, -0.2) is 29.6 Å². The number of ether oxygens (including phenoxy) is 1. The molecule has 7 saturated carbocycles. The van der Waals surface area contributed by atoms with Crippen molar-refractivity contribution in [2.45, 2.75) is 56.8 Å². The normalized spacial score (nSPS) is 36.8. The molecule has 7 fully saturated rings. The highest BCUT2D eigenvalue weighted by atomic mass is 19.4. The van der Waals surface area contributed by atoms with Gasteiger partial charge in [-0.15, -0.1) is 0 Å². The Balaban J connectivity index is 0.979. The summed E-state index contributed by atoms with van der Waals surface area (Å²) in [4.78, 5) is 22.7. The van der Waals surface area contributed by atoms with Crippen LogP contribution in [0.15, 0.2) is 24.9 Å². The number of halogens is 3. The highest BCUT2D eigenvalue weighted by Crippen LogP contribution is 3.10. The lowest BCUT2D eigenvalue weighted by atomic mass is 8.92. The molecule has 9 nitrogen and oxygen atoms in total. The summed E-state index contributed by atoms with van der Waals surface area (Å²) >= 11 is 0. The first-order valence-corrected chi connectivity index (χ1v) is 14.5. The molecule has 0 aromatic carbocycles. The zero-order valence-corrected chi connectivity index (χ0v) is 22.7. The standard InChI is InChI=1S/C29H27F3N8O/c1-11(2)39-8-14(29(30,31)32)37-26(39)28-19-16-20(28)18-21(28)17(19)27(16,18)9-40-24-13(7-36-40)6-33-23(38-24)15-22(12-4-5-12)34-10-35-25(15)41-3/h6-8,10-12,16-21H,4-5,9H2,1-3H3. The number of fused-ring (bicyclic) bond motifs is 1. The van der Waals surface area contributed by atoms with E-state index in [0.717, 1.165) is 41.7 Å². The molecule has 7 aliphatic carbocycles. The van der Waals surface area contributed by atoms with Gasteiger partial charge in [0.1, 0.15) is 17.7 Å². The molecular formula is C29H27F3N8O. The molecule has 210 valence electrons. The topological polar surface area (TPSA) is 96.4 Å². The largest absolute Gasteiger partial charge is 0.480 e. The van der Waals surface area contributed by atoms with Gasteiger partial charge in [-0.2, -0.15) is 18.3 Å². The number of imidazole rings is 1. The molecule has 0 amide bonds. The maximum absolute atomic E-state index is 13.6. The van der Waals surface area contributed by atoms with Gasteiger partial charge < -0.3 is 9.30 Å². The Morgan fingerprint density at radius 1 is 1.00 bits per heavy atom. The third-order valence-electron chi connectivity index (χ3n) is 11.8. The van der Waals surface area contributed by atoms with Crippen molar-refractivity contribution < 1.29 is 17.9 Å². The van der Waals surface area contributed by atoms with Crippen LogP contribution in [0.3, 0.4) is 0 Å². The molecule has 4 aromatic heterocycles. The van der Waals surface area contributed by atoms with Crippen molar-refractivity contribution in [3.05, 3.63) is 42.1 Å². The van der Waals surface area contributed by atoms with Gasteiger partial charge in [-0.1, -0.05) is 0 Å². The molecule has 0 radical (unpaired) electrons. The van der Waals surface area contributed by atoms with E-state index in [1.807, 2.05) is 30.9 Å². The van der Waals surface area contributed by atoms with Crippen molar-refractivity contribution in [3.63, 3.8) is 0 Å². The van der Waals surface area contributed by atoms with Crippen LogP contribution in [0.4, 0.5) is 13.2 Å². The molecule has 41 heavy (non-hydrogen) atoms. The van der Waals surface area contributed by atoms with Crippen LogP contribution in [-0.2, 0) is 18.1 Å². The minimum absolute atomic E-state index is 0.0541. The van der Waals surface area contributed by atoms with E-state index in [9.17, 15) is 13.2 Å². The van der Waals surface area contributed by atoms with Gasteiger partial charge in [0.05, 0.1) is 24.4 Å². The summed E-state index contributed by atoms with van der Waals surface area (Å²) in [7, 11) is 1.60. The molecule has 7 aliphatic rings. The van der Waals surface area contributed by atoms with Crippen LogP contribution in [-0.4, -0.2) is 46.4 Å². The lowest BCUT2D eigenvalue weighted by Crippen LogP contribution is -3.11. The summed E-state index contributed by atoms with van der Waals surface area (Å²) in [6, 6.07) is -0.0541. The van der Waals surface area contributed by atoms with Crippen LogP contribution in [0.5, 0.6) is 5.88 Å². The third kappa shape index (κ3) is 2.25. The van der Waals surface area contributed by atoms with Gasteiger partial charge in [0.15, 0.2) is 17.2 Å². The van der Waals surface area contributed by atoms with Crippen molar-refractivity contribution in [2.75, 3.05) is 7.11 Å². The molecule has 0 spiro atoms. The van der Waals surface area contributed by atoms with Gasteiger partial charge >= 0.3 is 6.18 Å². The Morgan fingerprint density at radius 2 is 1.73 bits per heavy atom. The second-order valence-corrected chi connectivity index (χ2v) is 13.3. The number of hydrogen-bond donors (Lipinski definition) is 0. The van der Waals surface area contributed by atoms with Crippen LogP contribution in [0, 0.1) is 40.9 Å². The second-order valence-electron chi connectivity index (χ2n) is 13.3. The molecule has 0 saturated heterocycles. The van der Waals surface area contributed by atoms with Crippen molar-refractivity contribution in [1.82, 2.24) is 39.3 Å². The van der Waals surface area contributed by atoms with Crippen molar-refractivity contribution in [2.24, 2.45) is 40.9 Å². The summed E-state index contributed by atoms with van der Waals surface area (Å²) in [5.74, 6) is 5.05. The number of hydrogen-bond acceptors (Lipinski definition) is 7. The number of alkyl halides is 3. The van der Waals surface area contributed by atoms with Crippen LogP contribution < -0.4 is 4.74 Å². The Hall–Kier alpha value is -3.57. The average molecular weight is 561 g/mol. The van der Waals surface area contributed by atoms with Gasteiger partial charge in [0, 0.05) is 41.7 Å². The summed E-state index contributed by atoms with van der Waals surface area (Å²) in [6.45, 7) is 4.67. The predicted molar refractivity (Wildman–Crippen MR) is 138 cm³/mol. The predicted octanol–water partition coefficient (Wildman–Crippen LogP) is 4.66. The first-order chi connectivity index (χ1) is 19.7. The molecule has 12 heteroatoms. The smallest absolute Gasteiger partial charge is 0.434 e. The monoisotopic (exact) mass is 560 g/mol. The summed E-state index contributed by atoms with van der Waals surface area (Å²) in [5, 5.41) is 5.61. The first kappa shape index (κ1) is 23.0. The molecule has 4 aromatic rings. The molecule has 11 rings (SSSR count). The summed E-state index contributed by atoms with van der Waals surface area (Å²) in [5.41, 5.74) is 1.78.